The summed E-state index contributed by atoms with van der Waals surface area (Å²) in [5, 5.41) is 3.37. The van der Waals surface area contributed by atoms with Crippen LogP contribution in [-0.2, 0) is 9.59 Å². The van der Waals surface area contributed by atoms with Crippen molar-refractivity contribution in [2.75, 3.05) is 11.9 Å². The molecule has 0 aliphatic carbocycles. The minimum Gasteiger partial charge on any atom is -0.334 e. The number of amides is 2. The lowest BCUT2D eigenvalue weighted by atomic mass is 10.1. The van der Waals surface area contributed by atoms with E-state index in [1.807, 2.05) is 41.3 Å². The molecule has 0 spiro atoms. The Kier molecular flexibility index (Phi) is 7.07. The number of rotatable bonds is 7. The second-order valence-corrected chi connectivity index (χ2v) is 8.11. The lowest BCUT2D eigenvalue weighted by Crippen LogP contribution is -2.31. The number of carbonyl (C=O) groups excluding carboxylic acids is 2. The molecule has 1 aliphatic rings. The number of hydrogen-bond acceptors (Lipinski definition) is 5. The van der Waals surface area contributed by atoms with Crippen LogP contribution in [0.1, 0.15) is 43.8 Å². The highest BCUT2D eigenvalue weighted by Crippen LogP contribution is 2.32. The summed E-state index contributed by atoms with van der Waals surface area (Å²) in [6, 6.07) is 14.5. The highest BCUT2D eigenvalue weighted by atomic mass is 35.5. The summed E-state index contributed by atoms with van der Waals surface area (Å²) in [7, 11) is 0. The number of benzene rings is 1. The van der Waals surface area contributed by atoms with Gasteiger partial charge in [0.25, 0.3) is 0 Å². The average molecular weight is 450 g/mol. The monoisotopic (exact) mass is 449 g/mol. The van der Waals surface area contributed by atoms with E-state index in [0.29, 0.717) is 36.1 Å². The molecule has 4 rings (SSSR count). The second-order valence-electron chi connectivity index (χ2n) is 7.68. The molecule has 2 amide bonds. The van der Waals surface area contributed by atoms with Crippen LogP contribution in [0, 0.1) is 0 Å². The number of hydrogen-bond donors (Lipinski definition) is 1. The van der Waals surface area contributed by atoms with E-state index in [4.69, 9.17) is 16.6 Å². The van der Waals surface area contributed by atoms with Crippen molar-refractivity contribution in [1.82, 2.24) is 19.9 Å². The van der Waals surface area contributed by atoms with Gasteiger partial charge < -0.3 is 10.2 Å². The van der Waals surface area contributed by atoms with Gasteiger partial charge in [-0.3, -0.25) is 9.59 Å². The molecule has 0 radical (unpaired) electrons. The zero-order valence-corrected chi connectivity index (χ0v) is 18.3. The van der Waals surface area contributed by atoms with Crippen molar-refractivity contribution in [2.45, 2.75) is 38.1 Å². The maximum absolute atomic E-state index is 12.9. The summed E-state index contributed by atoms with van der Waals surface area (Å²) >= 11 is 6.10. The Morgan fingerprint density at radius 1 is 1.06 bits per heavy atom. The SMILES string of the molecule is O=C(CCCC(=O)N1CCCC1c1ccnc(-c2cccc(Cl)c2)n1)Nc1ccccn1. The molecule has 1 aromatic carbocycles. The van der Waals surface area contributed by atoms with Gasteiger partial charge in [-0.2, -0.15) is 0 Å². The van der Waals surface area contributed by atoms with Crippen LogP contribution in [0.3, 0.4) is 0 Å². The van der Waals surface area contributed by atoms with E-state index in [9.17, 15) is 9.59 Å². The Morgan fingerprint density at radius 2 is 1.97 bits per heavy atom. The van der Waals surface area contributed by atoms with Gasteiger partial charge in [0.2, 0.25) is 11.8 Å². The third kappa shape index (κ3) is 5.48. The van der Waals surface area contributed by atoms with Gasteiger partial charge in [0, 0.05) is 42.4 Å². The number of halogens is 1. The first kappa shape index (κ1) is 21.9. The fourth-order valence-corrected chi connectivity index (χ4v) is 4.07. The van der Waals surface area contributed by atoms with Crippen LogP contribution in [0.4, 0.5) is 5.82 Å². The molecule has 1 atom stereocenters. The van der Waals surface area contributed by atoms with E-state index in [2.05, 4.69) is 15.3 Å². The van der Waals surface area contributed by atoms with Crippen molar-refractivity contribution < 1.29 is 9.59 Å². The van der Waals surface area contributed by atoms with Gasteiger partial charge in [0.1, 0.15) is 5.82 Å². The Balaban J connectivity index is 1.35. The number of likely N-dealkylation sites (tertiary alicyclic amines) is 1. The number of pyridine rings is 1. The predicted octanol–water partition coefficient (Wildman–Crippen LogP) is 4.66. The molecule has 164 valence electrons. The largest absolute Gasteiger partial charge is 0.334 e. The van der Waals surface area contributed by atoms with Crippen molar-refractivity contribution >= 4 is 29.2 Å². The smallest absolute Gasteiger partial charge is 0.225 e. The molecule has 2 aromatic heterocycles. The molecule has 1 fully saturated rings. The van der Waals surface area contributed by atoms with E-state index < -0.39 is 0 Å². The van der Waals surface area contributed by atoms with Gasteiger partial charge >= 0.3 is 0 Å². The van der Waals surface area contributed by atoms with Gasteiger partial charge in [0.05, 0.1) is 11.7 Å². The number of aromatic nitrogens is 3. The molecule has 3 aromatic rings. The molecule has 3 heterocycles. The van der Waals surface area contributed by atoms with Crippen LogP contribution in [0.2, 0.25) is 5.02 Å². The van der Waals surface area contributed by atoms with Crippen LogP contribution in [0.5, 0.6) is 0 Å². The summed E-state index contributed by atoms with van der Waals surface area (Å²) in [4.78, 5) is 40.0. The third-order valence-corrected chi connectivity index (χ3v) is 5.64. The Labute approximate surface area is 191 Å². The Hall–Kier alpha value is -3.32. The molecule has 7 nitrogen and oxygen atoms in total. The van der Waals surface area contributed by atoms with E-state index >= 15 is 0 Å². The topological polar surface area (TPSA) is 88.1 Å². The normalized spacial score (nSPS) is 15.5. The maximum Gasteiger partial charge on any atom is 0.225 e. The van der Waals surface area contributed by atoms with Crippen molar-refractivity contribution in [2.24, 2.45) is 0 Å². The minimum atomic E-state index is -0.142. The van der Waals surface area contributed by atoms with Gasteiger partial charge in [-0.1, -0.05) is 29.8 Å². The number of nitrogens with zero attached hydrogens (tertiary/aromatic N) is 4. The zero-order chi connectivity index (χ0) is 22.3. The van der Waals surface area contributed by atoms with Crippen LogP contribution in [-0.4, -0.2) is 38.2 Å². The van der Waals surface area contributed by atoms with Crippen molar-refractivity contribution in [1.29, 1.82) is 0 Å². The first-order valence-electron chi connectivity index (χ1n) is 10.7. The van der Waals surface area contributed by atoms with Crippen LogP contribution in [0.15, 0.2) is 60.9 Å². The van der Waals surface area contributed by atoms with Crippen LogP contribution < -0.4 is 5.32 Å². The molecule has 1 aliphatic heterocycles. The summed E-state index contributed by atoms with van der Waals surface area (Å²) in [5.41, 5.74) is 1.67. The summed E-state index contributed by atoms with van der Waals surface area (Å²) in [6.45, 7) is 0.695. The first-order valence-corrected chi connectivity index (χ1v) is 11.1. The highest BCUT2D eigenvalue weighted by Gasteiger charge is 2.30. The Morgan fingerprint density at radius 3 is 2.78 bits per heavy atom. The van der Waals surface area contributed by atoms with E-state index in [0.717, 1.165) is 24.1 Å². The van der Waals surface area contributed by atoms with Gasteiger partial charge in [-0.25, -0.2) is 15.0 Å². The molecular weight excluding hydrogens is 426 g/mol. The second kappa shape index (κ2) is 10.3. The van der Waals surface area contributed by atoms with Gasteiger partial charge in [0.15, 0.2) is 5.82 Å². The van der Waals surface area contributed by atoms with Crippen LogP contribution in [0.25, 0.3) is 11.4 Å². The summed E-state index contributed by atoms with van der Waals surface area (Å²) in [6.07, 6.45) is 6.20. The fraction of sp³-hybridized carbons (Fsp3) is 0.292. The first-order chi connectivity index (χ1) is 15.6. The van der Waals surface area contributed by atoms with Gasteiger partial charge in [-0.15, -0.1) is 0 Å². The lowest BCUT2D eigenvalue weighted by molar-refractivity contribution is -0.132. The quantitative estimate of drug-likeness (QED) is 0.566. The fourth-order valence-electron chi connectivity index (χ4n) is 3.88. The van der Waals surface area contributed by atoms with Crippen molar-refractivity contribution in [3.8, 4) is 11.4 Å². The molecule has 0 saturated carbocycles. The third-order valence-electron chi connectivity index (χ3n) is 5.40. The molecule has 0 bridgehead atoms. The van der Waals surface area contributed by atoms with Gasteiger partial charge in [-0.05, 0) is 49.6 Å². The van der Waals surface area contributed by atoms with Crippen molar-refractivity contribution in [3.05, 3.63) is 71.6 Å². The molecule has 32 heavy (non-hydrogen) atoms. The summed E-state index contributed by atoms with van der Waals surface area (Å²) in [5.74, 6) is 1.01. The molecule has 1 unspecified atom stereocenters. The van der Waals surface area contributed by atoms with E-state index in [1.165, 1.54) is 0 Å². The molecule has 1 saturated heterocycles. The molecular formula is C24H24ClN5O2. The lowest BCUT2D eigenvalue weighted by Gasteiger charge is -2.24. The number of anilines is 1. The summed E-state index contributed by atoms with van der Waals surface area (Å²) < 4.78 is 0. The predicted molar refractivity (Wildman–Crippen MR) is 123 cm³/mol. The number of nitrogens with one attached hydrogen (secondary N) is 1. The average Bonchev–Trinajstić information content (AvgIpc) is 3.30. The molecule has 8 heteroatoms. The van der Waals surface area contributed by atoms with E-state index in [-0.39, 0.29) is 24.3 Å². The maximum atomic E-state index is 12.9. The zero-order valence-electron chi connectivity index (χ0n) is 17.6. The molecule has 1 N–H and O–H groups in total. The Bertz CT molecular complexity index is 1090. The van der Waals surface area contributed by atoms with Crippen LogP contribution >= 0.6 is 11.6 Å². The minimum absolute atomic E-state index is 0.0426. The number of carbonyl (C=O) groups is 2. The highest BCUT2D eigenvalue weighted by molar-refractivity contribution is 6.30. The van der Waals surface area contributed by atoms with Crippen molar-refractivity contribution in [3.63, 3.8) is 0 Å². The standard InChI is InChI=1S/C24H24ClN5O2/c25-18-7-3-6-17(16-18)24-27-14-12-19(28-24)20-8-5-15-30(20)23(32)11-4-10-22(31)29-21-9-1-2-13-26-21/h1-3,6-7,9,12-14,16,20H,4-5,8,10-11,15H2,(H,26,29,31). The van der Waals surface area contributed by atoms with E-state index in [1.54, 1.807) is 24.5 Å².